The average Bonchev–Trinajstić information content (AvgIpc) is 2.73. The van der Waals surface area contributed by atoms with Crippen LogP contribution in [0.25, 0.3) is 0 Å². The summed E-state index contributed by atoms with van der Waals surface area (Å²) < 4.78 is 0. The van der Waals surface area contributed by atoms with Crippen molar-refractivity contribution in [3.8, 4) is 0 Å². The summed E-state index contributed by atoms with van der Waals surface area (Å²) in [5, 5.41) is 9.31. The first-order valence-electron chi connectivity index (χ1n) is 10.5. The van der Waals surface area contributed by atoms with E-state index in [1.54, 1.807) is 6.92 Å². The van der Waals surface area contributed by atoms with Crippen molar-refractivity contribution in [2.75, 3.05) is 45.8 Å². The topological polar surface area (TPSA) is 81.2 Å². The molecule has 2 saturated heterocycles. The molecule has 7 heteroatoms. The summed E-state index contributed by atoms with van der Waals surface area (Å²) in [5.74, 6) is -0.338. The highest BCUT2D eigenvalue weighted by atomic mass is 16.4. The van der Waals surface area contributed by atoms with E-state index < -0.39 is 5.97 Å². The van der Waals surface area contributed by atoms with E-state index in [0.29, 0.717) is 18.7 Å². The lowest BCUT2D eigenvalue weighted by atomic mass is 9.81. The van der Waals surface area contributed by atoms with E-state index in [1.165, 1.54) is 0 Å². The van der Waals surface area contributed by atoms with Crippen LogP contribution >= 0.6 is 0 Å². The molecule has 2 atom stereocenters. The quantitative estimate of drug-likeness (QED) is 0.786. The Morgan fingerprint density at radius 1 is 0.966 bits per heavy atom. The van der Waals surface area contributed by atoms with Crippen molar-refractivity contribution in [3.05, 3.63) is 35.9 Å². The zero-order valence-electron chi connectivity index (χ0n) is 17.1. The first-order valence-corrected chi connectivity index (χ1v) is 10.5. The molecule has 2 amide bonds. The van der Waals surface area contributed by atoms with Gasteiger partial charge in [-0.2, -0.15) is 0 Å². The molecule has 1 aromatic carbocycles. The number of carboxylic acid groups (broad SMARTS) is 1. The Morgan fingerprint density at radius 3 is 2.28 bits per heavy atom. The number of carbonyl (C=O) groups excluding carboxylic acids is 2. The molecule has 158 valence electrons. The lowest BCUT2D eigenvalue weighted by Gasteiger charge is -2.40. The molecule has 0 bridgehead atoms. The number of hydrogen-bond donors (Lipinski definition) is 1. The normalized spacial score (nSPS) is 23.1. The van der Waals surface area contributed by atoms with Gasteiger partial charge >= 0.3 is 5.97 Å². The molecule has 2 fully saturated rings. The number of hydrogen-bond acceptors (Lipinski definition) is 4. The van der Waals surface area contributed by atoms with Crippen molar-refractivity contribution in [2.45, 2.75) is 26.2 Å². The number of rotatable bonds is 6. The van der Waals surface area contributed by atoms with Crippen LogP contribution in [0.3, 0.4) is 0 Å². The van der Waals surface area contributed by atoms with E-state index in [-0.39, 0.29) is 30.1 Å². The molecule has 3 rings (SSSR count). The Kier molecular flexibility index (Phi) is 7.25. The van der Waals surface area contributed by atoms with Gasteiger partial charge in [-0.1, -0.05) is 18.2 Å². The summed E-state index contributed by atoms with van der Waals surface area (Å²) in [6, 6.07) is 9.28. The zero-order valence-corrected chi connectivity index (χ0v) is 17.1. The fourth-order valence-corrected chi connectivity index (χ4v) is 4.48. The monoisotopic (exact) mass is 401 g/mol. The Bertz CT molecular complexity index is 716. The Morgan fingerprint density at radius 2 is 1.66 bits per heavy atom. The second kappa shape index (κ2) is 9.87. The molecule has 1 aromatic rings. The number of benzene rings is 1. The highest BCUT2D eigenvalue weighted by Crippen LogP contribution is 2.30. The molecule has 0 saturated carbocycles. The highest BCUT2D eigenvalue weighted by molar-refractivity contribution is 5.94. The Balaban J connectivity index is 1.58. The molecule has 1 N–H and O–H groups in total. The molecule has 2 aliphatic heterocycles. The molecule has 0 aromatic heterocycles. The van der Waals surface area contributed by atoms with Gasteiger partial charge in [-0.3, -0.25) is 19.3 Å². The van der Waals surface area contributed by atoms with Gasteiger partial charge in [0.05, 0.1) is 0 Å². The predicted octanol–water partition coefficient (Wildman–Crippen LogP) is 1.79. The molecule has 2 aliphatic rings. The Labute approximate surface area is 172 Å². The predicted molar refractivity (Wildman–Crippen MR) is 110 cm³/mol. The second-order valence-electron chi connectivity index (χ2n) is 8.16. The smallest absolute Gasteiger partial charge is 0.303 e. The first kappa shape index (κ1) is 21.3. The molecule has 0 aliphatic carbocycles. The maximum absolute atomic E-state index is 12.8. The average molecular weight is 402 g/mol. The lowest BCUT2D eigenvalue weighted by molar-refractivity contribution is -0.139. The minimum atomic E-state index is -0.766. The lowest BCUT2D eigenvalue weighted by Crippen LogP contribution is -2.49. The molecule has 2 unspecified atom stereocenters. The number of piperidine rings is 1. The van der Waals surface area contributed by atoms with Gasteiger partial charge in [-0.15, -0.1) is 0 Å². The standard InChI is InChI=1S/C22H31N3O4/c1-17(26)24-13-11-23(12-14-24)9-7-20-16-25(10-8-19(20)15-21(27)28)22(29)18-5-3-2-4-6-18/h2-6,19-20H,7-16H2,1H3,(H,27,28). The summed E-state index contributed by atoms with van der Waals surface area (Å²) in [6.45, 7) is 6.89. The van der Waals surface area contributed by atoms with Crippen LogP contribution in [0.15, 0.2) is 30.3 Å². The van der Waals surface area contributed by atoms with Crippen LogP contribution in [0, 0.1) is 11.8 Å². The van der Waals surface area contributed by atoms with E-state index in [9.17, 15) is 19.5 Å². The zero-order chi connectivity index (χ0) is 20.8. The van der Waals surface area contributed by atoms with E-state index >= 15 is 0 Å². The van der Waals surface area contributed by atoms with Gasteiger partial charge in [0.25, 0.3) is 5.91 Å². The summed E-state index contributed by atoms with van der Waals surface area (Å²) >= 11 is 0. The molecular weight excluding hydrogens is 370 g/mol. The number of carboxylic acids is 1. The van der Waals surface area contributed by atoms with Gasteiger partial charge in [-0.25, -0.2) is 0 Å². The van der Waals surface area contributed by atoms with Crippen LogP contribution in [-0.4, -0.2) is 83.4 Å². The van der Waals surface area contributed by atoms with Crippen LogP contribution in [0.1, 0.15) is 36.5 Å². The van der Waals surface area contributed by atoms with Crippen molar-refractivity contribution in [1.29, 1.82) is 0 Å². The number of amides is 2. The van der Waals surface area contributed by atoms with E-state index in [4.69, 9.17) is 0 Å². The number of piperazine rings is 1. The summed E-state index contributed by atoms with van der Waals surface area (Å²) in [6.07, 6.45) is 1.76. The number of likely N-dealkylation sites (tertiary alicyclic amines) is 1. The fourth-order valence-electron chi connectivity index (χ4n) is 4.48. The number of carbonyl (C=O) groups is 3. The van der Waals surface area contributed by atoms with E-state index in [1.807, 2.05) is 40.1 Å². The maximum Gasteiger partial charge on any atom is 0.303 e. The third kappa shape index (κ3) is 5.79. The molecule has 2 heterocycles. The first-order chi connectivity index (χ1) is 13.9. The van der Waals surface area contributed by atoms with Gasteiger partial charge in [0.15, 0.2) is 0 Å². The van der Waals surface area contributed by atoms with Gasteiger partial charge in [0.1, 0.15) is 0 Å². The molecule has 0 spiro atoms. The molecule has 7 nitrogen and oxygen atoms in total. The van der Waals surface area contributed by atoms with Gasteiger partial charge < -0.3 is 14.9 Å². The third-order valence-electron chi connectivity index (χ3n) is 6.27. The summed E-state index contributed by atoms with van der Waals surface area (Å²) in [7, 11) is 0. The van der Waals surface area contributed by atoms with Crippen molar-refractivity contribution >= 4 is 17.8 Å². The minimum Gasteiger partial charge on any atom is -0.481 e. The summed E-state index contributed by atoms with van der Waals surface area (Å²) in [5.41, 5.74) is 0.684. The van der Waals surface area contributed by atoms with E-state index in [0.717, 1.165) is 45.6 Å². The van der Waals surface area contributed by atoms with Crippen LogP contribution in [0.5, 0.6) is 0 Å². The molecule has 29 heavy (non-hydrogen) atoms. The van der Waals surface area contributed by atoms with Crippen LogP contribution < -0.4 is 0 Å². The maximum atomic E-state index is 12.8. The van der Waals surface area contributed by atoms with Crippen LogP contribution in [-0.2, 0) is 9.59 Å². The largest absolute Gasteiger partial charge is 0.481 e. The van der Waals surface area contributed by atoms with Crippen molar-refractivity contribution in [2.24, 2.45) is 11.8 Å². The second-order valence-corrected chi connectivity index (χ2v) is 8.16. The highest BCUT2D eigenvalue weighted by Gasteiger charge is 2.33. The van der Waals surface area contributed by atoms with Crippen molar-refractivity contribution < 1.29 is 19.5 Å². The van der Waals surface area contributed by atoms with Crippen LogP contribution in [0.2, 0.25) is 0 Å². The van der Waals surface area contributed by atoms with Gasteiger partial charge in [0.2, 0.25) is 5.91 Å². The van der Waals surface area contributed by atoms with E-state index in [2.05, 4.69) is 4.90 Å². The molecule has 0 radical (unpaired) electrons. The van der Waals surface area contributed by atoms with Crippen LogP contribution in [0.4, 0.5) is 0 Å². The molecular formula is C22H31N3O4. The van der Waals surface area contributed by atoms with Gasteiger partial charge in [-0.05, 0) is 43.4 Å². The third-order valence-corrected chi connectivity index (χ3v) is 6.27. The SMILES string of the molecule is CC(=O)N1CCN(CCC2CN(C(=O)c3ccccc3)CCC2CC(=O)O)CC1. The van der Waals surface area contributed by atoms with Crippen molar-refractivity contribution in [3.63, 3.8) is 0 Å². The fraction of sp³-hybridized carbons (Fsp3) is 0.591. The Hall–Kier alpha value is -2.41. The number of aliphatic carboxylic acids is 1. The number of nitrogens with zero attached hydrogens (tertiary/aromatic N) is 3. The van der Waals surface area contributed by atoms with Gasteiger partial charge in [0, 0.05) is 58.2 Å². The van der Waals surface area contributed by atoms with Crippen molar-refractivity contribution in [1.82, 2.24) is 14.7 Å². The summed E-state index contributed by atoms with van der Waals surface area (Å²) in [4.78, 5) is 41.7. The minimum absolute atomic E-state index is 0.0273.